The highest BCUT2D eigenvalue weighted by Crippen LogP contribution is 2.12. The molecule has 0 aliphatic carbocycles. The summed E-state index contributed by atoms with van der Waals surface area (Å²) >= 11 is 1.64. The van der Waals surface area contributed by atoms with Crippen molar-refractivity contribution in [2.24, 2.45) is 0 Å². The lowest BCUT2D eigenvalue weighted by atomic mass is 10.1. The summed E-state index contributed by atoms with van der Waals surface area (Å²) < 4.78 is 0. The van der Waals surface area contributed by atoms with E-state index in [1.807, 2.05) is 30.9 Å². The summed E-state index contributed by atoms with van der Waals surface area (Å²) in [4.78, 5) is 18.2. The minimum atomic E-state index is -0.889. The molecule has 0 radical (unpaired) electrons. The minimum Gasteiger partial charge on any atom is -0.478 e. The molecule has 5 heteroatoms. The van der Waals surface area contributed by atoms with Gasteiger partial charge in [-0.25, -0.2) is 4.79 Å². The van der Waals surface area contributed by atoms with Gasteiger partial charge in [0.1, 0.15) is 0 Å². The second kappa shape index (κ2) is 5.75. The molecule has 0 amide bonds. The molecule has 1 heterocycles. The van der Waals surface area contributed by atoms with Gasteiger partial charge in [0.05, 0.1) is 11.1 Å². The van der Waals surface area contributed by atoms with Crippen LogP contribution in [0.15, 0.2) is 36.0 Å². The Morgan fingerprint density at radius 1 is 1.33 bits per heavy atom. The van der Waals surface area contributed by atoms with E-state index in [0.29, 0.717) is 5.56 Å². The number of nitrogens with zero attached hydrogens (tertiary/aromatic N) is 2. The van der Waals surface area contributed by atoms with Crippen LogP contribution in [0.4, 0.5) is 0 Å². The first-order valence-electron chi connectivity index (χ1n) is 5.53. The van der Waals surface area contributed by atoms with Crippen LogP contribution in [-0.2, 0) is 13.1 Å². The molecule has 1 aromatic heterocycles. The molecule has 0 fully saturated rings. The molecule has 94 valence electrons. The highest BCUT2D eigenvalue weighted by Gasteiger charge is 2.05. The van der Waals surface area contributed by atoms with Gasteiger partial charge in [-0.1, -0.05) is 12.1 Å². The largest absolute Gasteiger partial charge is 0.478 e. The summed E-state index contributed by atoms with van der Waals surface area (Å²) in [6.07, 6.45) is 1.87. The first-order valence-corrected chi connectivity index (χ1v) is 6.41. The summed E-state index contributed by atoms with van der Waals surface area (Å²) in [5, 5.41) is 8.81. The third-order valence-corrected chi connectivity index (χ3v) is 3.33. The molecule has 4 nitrogen and oxygen atoms in total. The van der Waals surface area contributed by atoms with E-state index < -0.39 is 5.97 Å². The number of hydrogen-bond acceptors (Lipinski definition) is 4. The zero-order valence-electron chi connectivity index (χ0n) is 10.0. The quantitative estimate of drug-likeness (QED) is 0.899. The SMILES string of the molecule is CN(Cc1ccc(C(=O)O)cc1)Cc1cncs1. The number of rotatable bonds is 5. The van der Waals surface area contributed by atoms with Crippen molar-refractivity contribution in [1.82, 2.24) is 9.88 Å². The van der Waals surface area contributed by atoms with Gasteiger partial charge in [-0.3, -0.25) is 9.88 Å². The van der Waals surface area contributed by atoms with Crippen LogP contribution in [0.3, 0.4) is 0 Å². The molecule has 1 N–H and O–H groups in total. The number of benzene rings is 1. The molecular formula is C13H14N2O2S. The monoisotopic (exact) mass is 262 g/mol. The summed E-state index contributed by atoms with van der Waals surface area (Å²) in [5.74, 6) is -0.889. The van der Waals surface area contributed by atoms with Gasteiger partial charge in [-0.15, -0.1) is 11.3 Å². The van der Waals surface area contributed by atoms with Crippen LogP contribution in [0.25, 0.3) is 0 Å². The maximum absolute atomic E-state index is 10.7. The van der Waals surface area contributed by atoms with Crippen LogP contribution >= 0.6 is 11.3 Å². The molecule has 0 bridgehead atoms. The van der Waals surface area contributed by atoms with Gasteiger partial charge in [0.25, 0.3) is 0 Å². The maximum atomic E-state index is 10.7. The average molecular weight is 262 g/mol. The van der Waals surface area contributed by atoms with Crippen molar-refractivity contribution in [1.29, 1.82) is 0 Å². The third kappa shape index (κ3) is 3.38. The number of aromatic carboxylic acids is 1. The number of carboxylic acid groups (broad SMARTS) is 1. The summed E-state index contributed by atoms with van der Waals surface area (Å²) in [5.41, 5.74) is 3.25. The normalized spacial score (nSPS) is 10.8. The fourth-order valence-corrected chi connectivity index (χ4v) is 2.38. The van der Waals surface area contributed by atoms with Crippen molar-refractivity contribution in [2.45, 2.75) is 13.1 Å². The van der Waals surface area contributed by atoms with E-state index in [1.165, 1.54) is 4.88 Å². The summed E-state index contributed by atoms with van der Waals surface area (Å²) in [6, 6.07) is 6.98. The van der Waals surface area contributed by atoms with Crippen LogP contribution in [0.2, 0.25) is 0 Å². The molecular weight excluding hydrogens is 248 g/mol. The Hall–Kier alpha value is -1.72. The van der Waals surface area contributed by atoms with Crippen molar-refractivity contribution in [3.05, 3.63) is 52.0 Å². The van der Waals surface area contributed by atoms with Crippen LogP contribution in [0.5, 0.6) is 0 Å². The van der Waals surface area contributed by atoms with Gasteiger partial charge in [0, 0.05) is 24.2 Å². The molecule has 0 aliphatic rings. The van der Waals surface area contributed by atoms with E-state index in [1.54, 1.807) is 23.5 Å². The van der Waals surface area contributed by atoms with Crippen LogP contribution in [0.1, 0.15) is 20.8 Å². The molecule has 1 aromatic carbocycles. The van der Waals surface area contributed by atoms with Gasteiger partial charge in [-0.05, 0) is 24.7 Å². The lowest BCUT2D eigenvalue weighted by molar-refractivity contribution is 0.0697. The zero-order chi connectivity index (χ0) is 13.0. The zero-order valence-corrected chi connectivity index (χ0v) is 10.9. The van der Waals surface area contributed by atoms with Crippen LogP contribution in [0, 0.1) is 0 Å². The molecule has 0 spiro atoms. The van der Waals surface area contributed by atoms with Gasteiger partial charge >= 0.3 is 5.97 Å². The molecule has 2 rings (SSSR count). The molecule has 0 saturated carbocycles. The Bertz CT molecular complexity index is 508. The number of carboxylic acids is 1. The van der Waals surface area contributed by atoms with Crippen molar-refractivity contribution in [2.75, 3.05) is 7.05 Å². The first-order chi connectivity index (χ1) is 8.65. The third-order valence-electron chi connectivity index (χ3n) is 2.56. The average Bonchev–Trinajstić information content (AvgIpc) is 2.82. The van der Waals surface area contributed by atoms with E-state index in [9.17, 15) is 4.79 Å². The topological polar surface area (TPSA) is 53.4 Å². The van der Waals surface area contributed by atoms with Gasteiger partial charge in [0.15, 0.2) is 0 Å². The fraction of sp³-hybridized carbons (Fsp3) is 0.231. The van der Waals surface area contributed by atoms with E-state index in [0.717, 1.165) is 18.7 Å². The first kappa shape index (κ1) is 12.7. The lowest BCUT2D eigenvalue weighted by Gasteiger charge is -2.15. The van der Waals surface area contributed by atoms with Gasteiger partial charge < -0.3 is 5.11 Å². The summed E-state index contributed by atoms with van der Waals surface area (Å²) in [6.45, 7) is 1.64. The van der Waals surface area contributed by atoms with E-state index in [4.69, 9.17) is 5.11 Å². The maximum Gasteiger partial charge on any atom is 0.335 e. The van der Waals surface area contributed by atoms with Crippen LogP contribution < -0.4 is 0 Å². The van der Waals surface area contributed by atoms with E-state index in [2.05, 4.69) is 9.88 Å². The second-order valence-corrected chi connectivity index (χ2v) is 5.11. The Labute approximate surface area is 110 Å². The Kier molecular flexibility index (Phi) is 4.07. The summed E-state index contributed by atoms with van der Waals surface area (Å²) in [7, 11) is 2.03. The fourth-order valence-electron chi connectivity index (χ4n) is 1.71. The van der Waals surface area contributed by atoms with Crippen molar-refractivity contribution >= 4 is 17.3 Å². The van der Waals surface area contributed by atoms with Crippen molar-refractivity contribution < 1.29 is 9.90 Å². The van der Waals surface area contributed by atoms with E-state index in [-0.39, 0.29) is 0 Å². The molecule has 0 saturated heterocycles. The Balaban J connectivity index is 1.94. The molecule has 2 aromatic rings. The molecule has 18 heavy (non-hydrogen) atoms. The number of carbonyl (C=O) groups is 1. The molecule has 0 unspecified atom stereocenters. The predicted molar refractivity (Wildman–Crippen MR) is 70.7 cm³/mol. The van der Waals surface area contributed by atoms with Crippen molar-refractivity contribution in [3.8, 4) is 0 Å². The van der Waals surface area contributed by atoms with Gasteiger partial charge in [0.2, 0.25) is 0 Å². The lowest BCUT2D eigenvalue weighted by Crippen LogP contribution is -2.16. The number of hydrogen-bond donors (Lipinski definition) is 1. The minimum absolute atomic E-state index is 0.323. The number of aromatic nitrogens is 1. The van der Waals surface area contributed by atoms with E-state index >= 15 is 0 Å². The van der Waals surface area contributed by atoms with Crippen molar-refractivity contribution in [3.63, 3.8) is 0 Å². The Morgan fingerprint density at radius 2 is 2.06 bits per heavy atom. The highest BCUT2D eigenvalue weighted by molar-refractivity contribution is 7.09. The van der Waals surface area contributed by atoms with Gasteiger partial charge in [-0.2, -0.15) is 0 Å². The molecule has 0 atom stereocenters. The molecule has 0 aliphatic heterocycles. The Morgan fingerprint density at radius 3 is 2.61 bits per heavy atom. The standard InChI is InChI=1S/C13H14N2O2S/c1-15(8-12-6-14-9-18-12)7-10-2-4-11(5-3-10)13(16)17/h2-6,9H,7-8H2,1H3,(H,16,17). The number of thiazole rings is 1. The van der Waals surface area contributed by atoms with Crippen LogP contribution in [-0.4, -0.2) is 28.0 Å². The smallest absolute Gasteiger partial charge is 0.335 e. The predicted octanol–water partition coefficient (Wildman–Crippen LogP) is 2.47. The second-order valence-electron chi connectivity index (χ2n) is 4.14. The highest BCUT2D eigenvalue weighted by atomic mass is 32.1.